The van der Waals surface area contributed by atoms with Gasteiger partial charge in [-0.3, -0.25) is 4.79 Å². The molecule has 0 aromatic heterocycles. The highest BCUT2D eigenvalue weighted by Crippen LogP contribution is 2.48. The summed E-state index contributed by atoms with van der Waals surface area (Å²) in [6.07, 6.45) is 0.889. The SMILES string of the molecule is CNCc1ccccc1NC(=O)C1CC1c1cccc(Cl)c1. The van der Waals surface area contributed by atoms with E-state index in [2.05, 4.69) is 10.6 Å². The van der Waals surface area contributed by atoms with Gasteiger partial charge in [0.25, 0.3) is 0 Å². The molecule has 2 aromatic rings. The Morgan fingerprint density at radius 3 is 2.82 bits per heavy atom. The molecule has 22 heavy (non-hydrogen) atoms. The molecule has 2 N–H and O–H groups in total. The van der Waals surface area contributed by atoms with Crippen LogP contribution in [0, 0.1) is 5.92 Å². The highest BCUT2D eigenvalue weighted by molar-refractivity contribution is 6.30. The molecule has 114 valence electrons. The third kappa shape index (κ3) is 3.32. The van der Waals surface area contributed by atoms with E-state index in [4.69, 9.17) is 11.6 Å². The van der Waals surface area contributed by atoms with Crippen LogP contribution in [-0.2, 0) is 11.3 Å². The van der Waals surface area contributed by atoms with E-state index in [0.717, 1.165) is 34.8 Å². The van der Waals surface area contributed by atoms with Gasteiger partial charge in [-0.05, 0) is 48.7 Å². The number of rotatable bonds is 5. The summed E-state index contributed by atoms with van der Waals surface area (Å²) in [6, 6.07) is 15.7. The van der Waals surface area contributed by atoms with Gasteiger partial charge in [0.05, 0.1) is 0 Å². The monoisotopic (exact) mass is 314 g/mol. The summed E-state index contributed by atoms with van der Waals surface area (Å²) in [5.41, 5.74) is 3.13. The van der Waals surface area contributed by atoms with Crippen molar-refractivity contribution in [3.63, 3.8) is 0 Å². The van der Waals surface area contributed by atoms with E-state index >= 15 is 0 Å². The summed E-state index contributed by atoms with van der Waals surface area (Å²) in [4.78, 5) is 12.4. The van der Waals surface area contributed by atoms with Crippen molar-refractivity contribution in [2.45, 2.75) is 18.9 Å². The maximum Gasteiger partial charge on any atom is 0.228 e. The first kappa shape index (κ1) is 15.1. The molecule has 2 aromatic carbocycles. The zero-order valence-corrected chi connectivity index (χ0v) is 13.2. The molecule has 2 atom stereocenters. The number of halogens is 1. The van der Waals surface area contributed by atoms with Gasteiger partial charge in [-0.2, -0.15) is 0 Å². The first-order valence-electron chi connectivity index (χ1n) is 7.48. The molecule has 2 unspecified atom stereocenters. The summed E-state index contributed by atoms with van der Waals surface area (Å²) in [5, 5.41) is 6.90. The summed E-state index contributed by atoms with van der Waals surface area (Å²) in [5.74, 6) is 0.421. The third-order valence-corrected chi connectivity index (χ3v) is 4.28. The molecule has 1 fully saturated rings. The molecule has 0 aliphatic heterocycles. The minimum Gasteiger partial charge on any atom is -0.326 e. The number of anilines is 1. The molecule has 0 radical (unpaired) electrons. The standard InChI is InChI=1S/C18H19ClN2O/c1-20-11-13-5-2-3-8-17(13)21-18(22)16-10-15(16)12-6-4-7-14(19)9-12/h2-9,15-16,20H,10-11H2,1H3,(H,21,22). The van der Waals surface area contributed by atoms with E-state index < -0.39 is 0 Å². The van der Waals surface area contributed by atoms with Gasteiger partial charge in [0.15, 0.2) is 0 Å². The Labute approximate surface area is 135 Å². The molecule has 0 heterocycles. The van der Waals surface area contributed by atoms with Crippen molar-refractivity contribution in [2.75, 3.05) is 12.4 Å². The van der Waals surface area contributed by atoms with E-state index in [1.165, 1.54) is 0 Å². The lowest BCUT2D eigenvalue weighted by Crippen LogP contribution is -2.17. The molecule has 3 nitrogen and oxygen atoms in total. The molecule has 1 amide bonds. The minimum atomic E-state index is 0.0427. The number of amides is 1. The van der Waals surface area contributed by atoms with E-state index in [1.54, 1.807) is 0 Å². The van der Waals surface area contributed by atoms with E-state index in [0.29, 0.717) is 0 Å². The van der Waals surface area contributed by atoms with Crippen molar-refractivity contribution >= 4 is 23.2 Å². The Bertz CT molecular complexity index is 686. The lowest BCUT2D eigenvalue weighted by atomic mass is 10.1. The predicted octanol–water partition coefficient (Wildman–Crippen LogP) is 3.80. The second kappa shape index (κ2) is 6.51. The summed E-state index contributed by atoms with van der Waals surface area (Å²) in [7, 11) is 1.90. The van der Waals surface area contributed by atoms with Crippen LogP contribution in [0.4, 0.5) is 5.69 Å². The molecule has 0 bridgehead atoms. The van der Waals surface area contributed by atoms with Crippen molar-refractivity contribution in [3.05, 3.63) is 64.7 Å². The maximum absolute atomic E-state index is 12.4. The van der Waals surface area contributed by atoms with Crippen molar-refractivity contribution in [2.24, 2.45) is 5.92 Å². The normalized spacial score (nSPS) is 19.7. The first-order chi connectivity index (χ1) is 10.7. The van der Waals surface area contributed by atoms with Crippen LogP contribution in [0.5, 0.6) is 0 Å². The van der Waals surface area contributed by atoms with Gasteiger partial charge >= 0.3 is 0 Å². The van der Waals surface area contributed by atoms with Gasteiger partial charge in [-0.25, -0.2) is 0 Å². The topological polar surface area (TPSA) is 41.1 Å². The second-order valence-electron chi connectivity index (χ2n) is 5.68. The van der Waals surface area contributed by atoms with Crippen LogP contribution in [-0.4, -0.2) is 13.0 Å². The van der Waals surface area contributed by atoms with Crippen molar-refractivity contribution in [1.29, 1.82) is 0 Å². The summed E-state index contributed by atoms with van der Waals surface area (Å²) >= 11 is 6.02. The number of para-hydroxylation sites is 1. The smallest absolute Gasteiger partial charge is 0.228 e. The number of nitrogens with one attached hydrogen (secondary N) is 2. The number of carbonyl (C=O) groups is 1. The van der Waals surface area contributed by atoms with Gasteiger partial charge in [0, 0.05) is 23.2 Å². The highest BCUT2D eigenvalue weighted by atomic mass is 35.5. The van der Waals surface area contributed by atoms with Crippen molar-refractivity contribution in [1.82, 2.24) is 5.32 Å². The number of hydrogen-bond acceptors (Lipinski definition) is 2. The molecular weight excluding hydrogens is 296 g/mol. The fourth-order valence-electron chi connectivity index (χ4n) is 2.80. The van der Waals surface area contributed by atoms with Gasteiger partial charge in [0.1, 0.15) is 0 Å². The van der Waals surface area contributed by atoms with E-state index in [-0.39, 0.29) is 17.7 Å². The van der Waals surface area contributed by atoms with Gasteiger partial charge in [0.2, 0.25) is 5.91 Å². The quantitative estimate of drug-likeness (QED) is 0.881. The van der Waals surface area contributed by atoms with Gasteiger partial charge in [-0.1, -0.05) is 41.9 Å². The Morgan fingerprint density at radius 1 is 1.23 bits per heavy atom. The fraction of sp³-hybridized carbons (Fsp3) is 0.278. The Hall–Kier alpha value is -1.84. The second-order valence-corrected chi connectivity index (χ2v) is 6.12. The molecular formula is C18H19ClN2O. The number of hydrogen-bond donors (Lipinski definition) is 2. The first-order valence-corrected chi connectivity index (χ1v) is 7.85. The molecule has 1 aliphatic carbocycles. The minimum absolute atomic E-state index is 0.0427. The molecule has 0 spiro atoms. The molecule has 1 saturated carbocycles. The van der Waals surface area contributed by atoms with Crippen LogP contribution in [0.3, 0.4) is 0 Å². The Kier molecular flexibility index (Phi) is 4.46. The molecule has 3 rings (SSSR count). The number of carbonyl (C=O) groups excluding carboxylic acids is 1. The fourth-order valence-corrected chi connectivity index (χ4v) is 3.00. The van der Waals surface area contributed by atoms with E-state index in [9.17, 15) is 4.79 Å². The van der Waals surface area contributed by atoms with E-state index in [1.807, 2.05) is 55.6 Å². The average molecular weight is 315 g/mol. The van der Waals surface area contributed by atoms with Crippen LogP contribution in [0.25, 0.3) is 0 Å². The van der Waals surface area contributed by atoms with Crippen LogP contribution in [0.15, 0.2) is 48.5 Å². The number of benzene rings is 2. The Balaban J connectivity index is 1.67. The van der Waals surface area contributed by atoms with Crippen molar-refractivity contribution < 1.29 is 4.79 Å². The molecule has 0 saturated heterocycles. The van der Waals surface area contributed by atoms with Gasteiger partial charge in [-0.15, -0.1) is 0 Å². The lowest BCUT2D eigenvalue weighted by molar-refractivity contribution is -0.117. The van der Waals surface area contributed by atoms with Crippen LogP contribution >= 0.6 is 11.6 Å². The highest BCUT2D eigenvalue weighted by Gasteiger charge is 2.44. The van der Waals surface area contributed by atoms with Crippen LogP contribution in [0.1, 0.15) is 23.5 Å². The van der Waals surface area contributed by atoms with Crippen LogP contribution in [0.2, 0.25) is 5.02 Å². The van der Waals surface area contributed by atoms with Crippen LogP contribution < -0.4 is 10.6 Å². The Morgan fingerprint density at radius 2 is 2.05 bits per heavy atom. The van der Waals surface area contributed by atoms with Gasteiger partial charge < -0.3 is 10.6 Å². The maximum atomic E-state index is 12.4. The molecule has 1 aliphatic rings. The average Bonchev–Trinajstić information content (AvgIpc) is 3.30. The zero-order chi connectivity index (χ0) is 15.5. The summed E-state index contributed by atoms with van der Waals surface area (Å²) in [6.45, 7) is 0.735. The van der Waals surface area contributed by atoms with Crippen molar-refractivity contribution in [3.8, 4) is 0 Å². The summed E-state index contributed by atoms with van der Waals surface area (Å²) < 4.78 is 0. The zero-order valence-electron chi connectivity index (χ0n) is 12.5. The largest absolute Gasteiger partial charge is 0.326 e. The third-order valence-electron chi connectivity index (χ3n) is 4.05. The predicted molar refractivity (Wildman–Crippen MR) is 90.1 cm³/mol. The molecule has 4 heteroatoms. The lowest BCUT2D eigenvalue weighted by Gasteiger charge is -2.10.